The molecule has 4 nitrogen and oxygen atoms in total. The van der Waals surface area contributed by atoms with Crippen LogP contribution >= 0.6 is 0 Å². The molecule has 1 amide bonds. The molecule has 0 spiro atoms. The molecule has 10 heavy (non-hydrogen) atoms. The molecular weight excluding hydrogens is 134 g/mol. The highest BCUT2D eigenvalue weighted by atomic mass is 16.7. The molecule has 59 valence electrons. The molecule has 0 aromatic rings. The third-order valence-corrected chi connectivity index (χ3v) is 0.605. The fourth-order valence-electron chi connectivity index (χ4n) is 0.340. The lowest BCUT2D eigenvalue weighted by molar-refractivity contribution is 0.0178. The van der Waals surface area contributed by atoms with Crippen molar-refractivity contribution >= 4 is 6.09 Å². The molecule has 0 saturated carbocycles. The third-order valence-electron chi connectivity index (χ3n) is 0.605. The second kappa shape index (κ2) is 5.05. The lowest BCUT2D eigenvalue weighted by Gasteiger charge is -2.05. The van der Waals surface area contributed by atoms with Gasteiger partial charge in [0.15, 0.2) is 0 Å². The summed E-state index contributed by atoms with van der Waals surface area (Å²) in [6.07, 6.45) is -0.812. The molecule has 0 aliphatic rings. The highest BCUT2D eigenvalue weighted by Gasteiger charge is 2.05. The SMILES string of the molecule is CCO[N]C(=O)OC(C)C. The molecule has 0 saturated heterocycles. The minimum absolute atomic E-state index is 0.142. The molecule has 0 aliphatic heterocycles. The maximum atomic E-state index is 10.5. The van der Waals surface area contributed by atoms with E-state index in [0.717, 1.165) is 0 Å². The second-order valence-electron chi connectivity index (χ2n) is 1.94. The first-order chi connectivity index (χ1) is 4.66. The summed E-state index contributed by atoms with van der Waals surface area (Å²) in [5.74, 6) is 0. The van der Waals surface area contributed by atoms with Crippen molar-refractivity contribution in [3.05, 3.63) is 0 Å². The van der Waals surface area contributed by atoms with Gasteiger partial charge in [-0.1, -0.05) is 5.48 Å². The molecule has 0 unspecified atom stereocenters. The van der Waals surface area contributed by atoms with E-state index in [-0.39, 0.29) is 6.10 Å². The Bertz CT molecular complexity index is 103. The third kappa shape index (κ3) is 5.37. The van der Waals surface area contributed by atoms with Gasteiger partial charge in [0.05, 0.1) is 12.7 Å². The molecule has 0 N–H and O–H groups in total. The first-order valence-electron chi connectivity index (χ1n) is 3.20. The zero-order valence-electron chi connectivity index (χ0n) is 6.46. The molecule has 0 rings (SSSR count). The smallest absolute Gasteiger partial charge is 0.444 e. The highest BCUT2D eigenvalue weighted by molar-refractivity contribution is 5.65. The van der Waals surface area contributed by atoms with Crippen molar-refractivity contribution < 1.29 is 14.4 Å². The van der Waals surface area contributed by atoms with E-state index in [0.29, 0.717) is 6.61 Å². The molecule has 0 fully saturated rings. The Morgan fingerprint density at radius 1 is 1.60 bits per heavy atom. The quantitative estimate of drug-likeness (QED) is 0.560. The summed E-state index contributed by atoms with van der Waals surface area (Å²) >= 11 is 0. The van der Waals surface area contributed by atoms with E-state index in [1.165, 1.54) is 0 Å². The average Bonchev–Trinajstić information content (AvgIpc) is 1.82. The van der Waals surface area contributed by atoms with E-state index in [9.17, 15) is 4.79 Å². The van der Waals surface area contributed by atoms with Gasteiger partial charge in [-0.25, -0.2) is 9.63 Å². The number of amides is 1. The van der Waals surface area contributed by atoms with Crippen LogP contribution in [0.2, 0.25) is 0 Å². The minimum atomic E-state index is -0.670. The maximum Gasteiger partial charge on any atom is 0.456 e. The van der Waals surface area contributed by atoms with Gasteiger partial charge in [-0.3, -0.25) is 0 Å². The van der Waals surface area contributed by atoms with Crippen LogP contribution < -0.4 is 5.48 Å². The number of rotatable bonds is 3. The van der Waals surface area contributed by atoms with Crippen molar-refractivity contribution in [3.8, 4) is 0 Å². The van der Waals surface area contributed by atoms with Gasteiger partial charge in [0, 0.05) is 0 Å². The molecule has 4 heteroatoms. The fraction of sp³-hybridized carbons (Fsp3) is 0.833. The van der Waals surface area contributed by atoms with E-state index < -0.39 is 6.09 Å². The van der Waals surface area contributed by atoms with Crippen LogP contribution in [-0.4, -0.2) is 18.8 Å². The monoisotopic (exact) mass is 146 g/mol. The number of ether oxygens (including phenoxy) is 1. The first-order valence-corrected chi connectivity index (χ1v) is 3.20. The number of nitrogens with zero attached hydrogens (tertiary/aromatic N) is 1. The average molecular weight is 146 g/mol. The van der Waals surface area contributed by atoms with Gasteiger partial charge in [-0.15, -0.1) is 0 Å². The van der Waals surface area contributed by atoms with Gasteiger partial charge in [-0.2, -0.15) is 0 Å². The van der Waals surface area contributed by atoms with E-state index in [4.69, 9.17) is 0 Å². The Morgan fingerprint density at radius 2 is 2.20 bits per heavy atom. The normalized spacial score (nSPS) is 9.60. The van der Waals surface area contributed by atoms with Gasteiger partial charge >= 0.3 is 6.09 Å². The largest absolute Gasteiger partial charge is 0.456 e. The van der Waals surface area contributed by atoms with Crippen molar-refractivity contribution in [1.29, 1.82) is 0 Å². The number of hydroxylamine groups is 1. The highest BCUT2D eigenvalue weighted by Crippen LogP contribution is 1.88. The van der Waals surface area contributed by atoms with Crippen LogP contribution in [0.4, 0.5) is 4.79 Å². The molecule has 0 aromatic heterocycles. The lowest BCUT2D eigenvalue weighted by Crippen LogP contribution is -2.20. The molecule has 0 heterocycles. The summed E-state index contributed by atoms with van der Waals surface area (Å²) in [4.78, 5) is 14.9. The van der Waals surface area contributed by atoms with Crippen LogP contribution in [0.25, 0.3) is 0 Å². The van der Waals surface area contributed by atoms with E-state index in [2.05, 4.69) is 15.1 Å². The fourth-order valence-corrected chi connectivity index (χ4v) is 0.340. The summed E-state index contributed by atoms with van der Waals surface area (Å²) in [5, 5.41) is 0. The van der Waals surface area contributed by atoms with Gasteiger partial charge in [0.1, 0.15) is 0 Å². The molecule has 0 atom stereocenters. The van der Waals surface area contributed by atoms with Crippen molar-refractivity contribution in [3.63, 3.8) is 0 Å². The van der Waals surface area contributed by atoms with E-state index in [1.807, 2.05) is 0 Å². The number of hydrogen-bond donors (Lipinski definition) is 0. The van der Waals surface area contributed by atoms with Crippen LogP contribution in [0.5, 0.6) is 0 Å². The topological polar surface area (TPSA) is 49.6 Å². The van der Waals surface area contributed by atoms with Crippen LogP contribution in [0, 0.1) is 0 Å². The Labute approximate surface area is 60.5 Å². The standard InChI is InChI=1S/C6H12NO3/c1-4-9-7-6(8)10-5(2)3/h5H,4H2,1-3H3. The predicted molar refractivity (Wildman–Crippen MR) is 35.4 cm³/mol. The lowest BCUT2D eigenvalue weighted by atomic mass is 10.5. The van der Waals surface area contributed by atoms with Crippen molar-refractivity contribution in [2.75, 3.05) is 6.61 Å². The predicted octanol–water partition coefficient (Wildman–Crippen LogP) is 1.09. The number of carbonyl (C=O) groups is 1. The summed E-state index contributed by atoms with van der Waals surface area (Å²) in [5.41, 5.74) is 3.12. The van der Waals surface area contributed by atoms with Gasteiger partial charge in [0.2, 0.25) is 0 Å². The van der Waals surface area contributed by atoms with E-state index >= 15 is 0 Å². The Balaban J connectivity index is 3.26. The van der Waals surface area contributed by atoms with Crippen LogP contribution in [-0.2, 0) is 9.57 Å². The van der Waals surface area contributed by atoms with Crippen molar-refractivity contribution in [1.82, 2.24) is 5.48 Å². The first kappa shape index (κ1) is 9.23. The Hall–Kier alpha value is -0.770. The molecular formula is C6H12NO3. The number of hydrogen-bond acceptors (Lipinski definition) is 3. The summed E-state index contributed by atoms with van der Waals surface area (Å²) in [7, 11) is 0. The maximum absolute atomic E-state index is 10.5. The Morgan fingerprint density at radius 3 is 2.60 bits per heavy atom. The summed E-state index contributed by atoms with van der Waals surface area (Å²) in [6, 6.07) is 0. The van der Waals surface area contributed by atoms with Crippen molar-refractivity contribution in [2.24, 2.45) is 0 Å². The Kier molecular flexibility index (Phi) is 4.66. The zero-order valence-corrected chi connectivity index (χ0v) is 6.46. The van der Waals surface area contributed by atoms with Crippen molar-refractivity contribution in [2.45, 2.75) is 26.9 Å². The van der Waals surface area contributed by atoms with Gasteiger partial charge in [0.25, 0.3) is 0 Å². The molecule has 1 radical (unpaired) electrons. The summed E-state index contributed by atoms with van der Waals surface area (Å²) in [6.45, 7) is 5.62. The van der Waals surface area contributed by atoms with Crippen LogP contribution in [0.15, 0.2) is 0 Å². The van der Waals surface area contributed by atoms with Crippen LogP contribution in [0.3, 0.4) is 0 Å². The molecule has 0 aliphatic carbocycles. The second-order valence-corrected chi connectivity index (χ2v) is 1.94. The molecule has 0 bridgehead atoms. The number of carbonyl (C=O) groups excluding carboxylic acids is 1. The molecule has 0 aromatic carbocycles. The van der Waals surface area contributed by atoms with Crippen LogP contribution in [0.1, 0.15) is 20.8 Å². The zero-order chi connectivity index (χ0) is 7.98. The van der Waals surface area contributed by atoms with E-state index in [1.54, 1.807) is 20.8 Å². The van der Waals surface area contributed by atoms with Gasteiger partial charge in [-0.05, 0) is 20.8 Å². The summed E-state index contributed by atoms with van der Waals surface area (Å²) < 4.78 is 4.62. The minimum Gasteiger partial charge on any atom is -0.444 e. The van der Waals surface area contributed by atoms with Gasteiger partial charge < -0.3 is 4.74 Å².